The molecule has 0 aliphatic carbocycles. The summed E-state index contributed by atoms with van der Waals surface area (Å²) in [6, 6.07) is 7.46. The standard InChI is InChI=1S/C20H21F8NS/c1-14(29-16-8-10-17(11-9-16)30(24,25,26,27)28)19(2,3)13-12-15-6-4-5-7-18(15)20(21,22)23/h4-11,29H,1,12-13H2,2-3H3. The number of rotatable bonds is 7. The van der Waals surface area contributed by atoms with E-state index in [2.05, 4.69) is 11.9 Å². The summed E-state index contributed by atoms with van der Waals surface area (Å²) < 4.78 is 103. The average Bonchev–Trinajstić information content (AvgIpc) is 2.58. The Morgan fingerprint density at radius 3 is 1.93 bits per heavy atom. The first kappa shape index (κ1) is 24.0. The SMILES string of the molecule is C=C(Nc1ccc(S(F)(F)(F)(F)F)cc1)C(C)(C)CCc1ccccc1C(F)(F)F. The summed E-state index contributed by atoms with van der Waals surface area (Å²) in [5, 5.41) is 2.75. The van der Waals surface area contributed by atoms with Gasteiger partial charge in [-0.15, -0.1) is 0 Å². The Hall–Kier alpha value is -2.23. The molecule has 10 heteroatoms. The second kappa shape index (κ2) is 6.90. The zero-order chi connectivity index (χ0) is 23.1. The van der Waals surface area contributed by atoms with Crippen LogP contribution in [0, 0.1) is 5.41 Å². The van der Waals surface area contributed by atoms with Gasteiger partial charge in [0.1, 0.15) is 4.90 Å². The molecule has 0 bridgehead atoms. The first-order chi connectivity index (χ1) is 13.3. The molecule has 2 rings (SSSR count). The van der Waals surface area contributed by atoms with Crippen LogP contribution in [0.25, 0.3) is 0 Å². The summed E-state index contributed by atoms with van der Waals surface area (Å²) >= 11 is 0. The molecule has 0 heterocycles. The van der Waals surface area contributed by atoms with E-state index < -0.39 is 32.3 Å². The summed E-state index contributed by atoms with van der Waals surface area (Å²) in [7, 11) is -9.75. The van der Waals surface area contributed by atoms with Gasteiger partial charge in [0.15, 0.2) is 0 Å². The quantitative estimate of drug-likeness (QED) is 0.408. The minimum Gasteiger partial charge on any atom is -0.359 e. The number of alkyl halides is 3. The van der Waals surface area contributed by atoms with Crippen molar-refractivity contribution in [3.05, 3.63) is 71.9 Å². The molecule has 1 N–H and O–H groups in total. The Kier molecular flexibility index (Phi) is 5.53. The predicted octanol–water partition coefficient (Wildman–Crippen LogP) is 8.95. The summed E-state index contributed by atoms with van der Waals surface area (Å²) in [4.78, 5) is -2.01. The second-order valence-corrected chi connectivity index (χ2v) is 10.0. The number of hydrogen-bond donors (Lipinski definition) is 1. The normalized spacial score (nSPS) is 15.3. The Morgan fingerprint density at radius 1 is 0.900 bits per heavy atom. The maximum absolute atomic E-state index is 13.1. The summed E-state index contributed by atoms with van der Waals surface area (Å²) in [6.45, 7) is 7.23. The molecule has 1 nitrogen and oxygen atoms in total. The van der Waals surface area contributed by atoms with Gasteiger partial charge in [-0.2, -0.15) is 13.2 Å². The first-order valence-electron chi connectivity index (χ1n) is 8.75. The fraction of sp³-hybridized carbons (Fsp3) is 0.300. The van der Waals surface area contributed by atoms with Crippen LogP contribution >= 0.6 is 10.2 Å². The maximum Gasteiger partial charge on any atom is 0.416 e. The smallest absolute Gasteiger partial charge is 0.359 e. The van der Waals surface area contributed by atoms with Crippen LogP contribution in [-0.4, -0.2) is 0 Å². The molecule has 0 saturated carbocycles. The Balaban J connectivity index is 2.11. The number of hydrogen-bond acceptors (Lipinski definition) is 1. The third-order valence-corrected chi connectivity index (χ3v) is 5.92. The van der Waals surface area contributed by atoms with Gasteiger partial charge in [-0.05, 0) is 48.7 Å². The molecule has 0 aliphatic heterocycles. The molecule has 0 aromatic heterocycles. The van der Waals surface area contributed by atoms with E-state index >= 15 is 0 Å². The van der Waals surface area contributed by atoms with Crippen molar-refractivity contribution >= 4 is 15.9 Å². The number of halogens is 8. The lowest BCUT2D eigenvalue weighted by Gasteiger charge is -2.40. The second-order valence-electron chi connectivity index (χ2n) is 7.64. The van der Waals surface area contributed by atoms with E-state index in [1.54, 1.807) is 13.8 Å². The van der Waals surface area contributed by atoms with Crippen LogP contribution in [0.5, 0.6) is 0 Å². The van der Waals surface area contributed by atoms with Crippen molar-refractivity contribution in [2.24, 2.45) is 5.41 Å². The van der Waals surface area contributed by atoms with Gasteiger partial charge in [0.05, 0.1) is 5.56 Å². The van der Waals surface area contributed by atoms with E-state index in [9.17, 15) is 32.6 Å². The minimum absolute atomic E-state index is 0.0898. The molecule has 168 valence electrons. The van der Waals surface area contributed by atoms with Gasteiger partial charge in [-0.25, -0.2) is 0 Å². The predicted molar refractivity (Wildman–Crippen MR) is 104 cm³/mol. The van der Waals surface area contributed by atoms with E-state index in [0.29, 0.717) is 5.70 Å². The molecule has 0 saturated heterocycles. The zero-order valence-electron chi connectivity index (χ0n) is 16.2. The molecule has 2 aromatic rings. The van der Waals surface area contributed by atoms with Crippen molar-refractivity contribution in [1.82, 2.24) is 0 Å². The molecule has 2 aromatic carbocycles. The molecule has 0 unspecified atom stereocenters. The van der Waals surface area contributed by atoms with Gasteiger partial charge in [-0.3, -0.25) is 0 Å². The Bertz CT molecular complexity index is 929. The van der Waals surface area contributed by atoms with Gasteiger partial charge >= 0.3 is 16.4 Å². The van der Waals surface area contributed by atoms with Crippen molar-refractivity contribution in [2.45, 2.75) is 37.8 Å². The van der Waals surface area contributed by atoms with Crippen LogP contribution in [0.1, 0.15) is 31.4 Å². The highest BCUT2D eigenvalue weighted by molar-refractivity contribution is 8.45. The molecule has 30 heavy (non-hydrogen) atoms. The van der Waals surface area contributed by atoms with Crippen molar-refractivity contribution < 1.29 is 32.6 Å². The lowest BCUT2D eigenvalue weighted by molar-refractivity contribution is -0.138. The summed E-state index contributed by atoms with van der Waals surface area (Å²) in [5.74, 6) is 0. The van der Waals surface area contributed by atoms with Crippen LogP contribution in [-0.2, 0) is 12.6 Å². The largest absolute Gasteiger partial charge is 0.416 e. The number of benzene rings is 2. The Morgan fingerprint density at radius 2 is 1.43 bits per heavy atom. The van der Waals surface area contributed by atoms with Crippen LogP contribution < -0.4 is 5.32 Å². The number of aryl methyl sites for hydroxylation is 1. The molecule has 0 aliphatic rings. The number of anilines is 1. The molecule has 0 fully saturated rings. The van der Waals surface area contributed by atoms with Crippen molar-refractivity contribution in [3.63, 3.8) is 0 Å². The molecule has 0 amide bonds. The maximum atomic E-state index is 13.1. The van der Waals surface area contributed by atoms with E-state index in [4.69, 9.17) is 0 Å². The monoisotopic (exact) mass is 459 g/mol. The van der Waals surface area contributed by atoms with Crippen LogP contribution in [0.3, 0.4) is 0 Å². The van der Waals surface area contributed by atoms with Crippen molar-refractivity contribution in [1.29, 1.82) is 0 Å². The van der Waals surface area contributed by atoms with Crippen LogP contribution in [0.15, 0.2) is 65.7 Å². The molecular formula is C20H21F8NS. The Labute approximate surface area is 169 Å². The fourth-order valence-electron chi connectivity index (χ4n) is 2.75. The van der Waals surface area contributed by atoms with E-state index in [1.165, 1.54) is 18.2 Å². The highest BCUT2D eigenvalue weighted by Gasteiger charge is 2.65. The lowest BCUT2D eigenvalue weighted by Crippen LogP contribution is -2.21. The zero-order valence-corrected chi connectivity index (χ0v) is 17.0. The molecule has 0 spiro atoms. The van der Waals surface area contributed by atoms with Crippen LogP contribution in [0.2, 0.25) is 0 Å². The molecular weight excluding hydrogens is 438 g/mol. The third kappa shape index (κ3) is 6.13. The van der Waals surface area contributed by atoms with E-state index in [1.807, 2.05) is 0 Å². The van der Waals surface area contributed by atoms with Gasteiger partial charge in [0.2, 0.25) is 0 Å². The van der Waals surface area contributed by atoms with E-state index in [-0.39, 0.29) is 36.2 Å². The van der Waals surface area contributed by atoms with Crippen molar-refractivity contribution in [2.75, 3.05) is 5.32 Å². The van der Waals surface area contributed by atoms with Gasteiger partial charge in [-0.1, -0.05) is 58.1 Å². The lowest BCUT2D eigenvalue weighted by atomic mass is 9.82. The van der Waals surface area contributed by atoms with Crippen molar-refractivity contribution in [3.8, 4) is 0 Å². The molecule has 0 atom stereocenters. The number of allylic oxidation sites excluding steroid dienone is 1. The summed E-state index contributed by atoms with van der Waals surface area (Å²) in [5.41, 5.74) is -0.921. The summed E-state index contributed by atoms with van der Waals surface area (Å²) in [6.07, 6.45) is -4.14. The van der Waals surface area contributed by atoms with Gasteiger partial charge in [0.25, 0.3) is 0 Å². The fourth-order valence-corrected chi connectivity index (χ4v) is 3.40. The minimum atomic E-state index is -9.75. The average molecular weight is 459 g/mol. The van der Waals surface area contributed by atoms with Crippen LogP contribution in [0.4, 0.5) is 38.3 Å². The van der Waals surface area contributed by atoms with E-state index in [0.717, 1.165) is 18.2 Å². The first-order valence-corrected chi connectivity index (χ1v) is 10.7. The molecule has 0 radical (unpaired) electrons. The highest BCUT2D eigenvalue weighted by atomic mass is 32.5. The van der Waals surface area contributed by atoms with Gasteiger partial charge < -0.3 is 5.32 Å². The topological polar surface area (TPSA) is 12.0 Å². The highest BCUT2D eigenvalue weighted by Crippen LogP contribution is 3.02. The third-order valence-electron chi connectivity index (χ3n) is 4.75. The number of nitrogens with one attached hydrogen (secondary N) is 1. The van der Waals surface area contributed by atoms with Gasteiger partial charge in [0, 0.05) is 16.8 Å².